The third-order valence-corrected chi connectivity index (χ3v) is 5.28. The van der Waals surface area contributed by atoms with E-state index in [1.807, 2.05) is 0 Å². The fourth-order valence-corrected chi connectivity index (χ4v) is 3.89. The molecule has 9 heteroatoms. The van der Waals surface area contributed by atoms with Crippen molar-refractivity contribution in [1.82, 2.24) is 0 Å². The zero-order valence-corrected chi connectivity index (χ0v) is 15.1. The Hall–Kier alpha value is -1.34. The van der Waals surface area contributed by atoms with Gasteiger partial charge in [0.1, 0.15) is 16.4 Å². The molecule has 0 spiro atoms. The fourth-order valence-electron chi connectivity index (χ4n) is 1.82. The average Bonchev–Trinajstić information content (AvgIpc) is 2.49. The Balaban J connectivity index is 2.49. The molecule has 2 aromatic rings. The normalized spacial score (nSPS) is 11.2. The van der Waals surface area contributed by atoms with E-state index in [4.69, 9.17) is 44.3 Å². The highest BCUT2D eigenvalue weighted by Crippen LogP contribution is 2.37. The molecule has 124 valence electrons. The van der Waals surface area contributed by atoms with Gasteiger partial charge in [-0.3, -0.25) is 4.72 Å². The van der Waals surface area contributed by atoms with Crippen LogP contribution in [0.4, 0.5) is 5.69 Å². The van der Waals surface area contributed by atoms with Crippen molar-refractivity contribution in [2.75, 3.05) is 18.9 Å². The van der Waals surface area contributed by atoms with Crippen LogP contribution in [-0.2, 0) is 10.0 Å². The van der Waals surface area contributed by atoms with E-state index in [0.29, 0.717) is 5.75 Å². The van der Waals surface area contributed by atoms with E-state index in [2.05, 4.69) is 4.72 Å². The molecule has 2 rings (SSSR count). The first-order chi connectivity index (χ1) is 10.8. The highest BCUT2D eigenvalue weighted by molar-refractivity contribution is 7.92. The van der Waals surface area contributed by atoms with Crippen LogP contribution in [0.5, 0.6) is 11.5 Å². The minimum Gasteiger partial charge on any atom is -0.495 e. The highest BCUT2D eigenvalue weighted by Gasteiger charge is 2.21. The molecule has 0 amide bonds. The molecular formula is C14H12Cl3NO4S. The van der Waals surface area contributed by atoms with Crippen LogP contribution in [0.3, 0.4) is 0 Å². The van der Waals surface area contributed by atoms with Crippen molar-refractivity contribution in [1.29, 1.82) is 0 Å². The number of benzene rings is 2. The van der Waals surface area contributed by atoms with Crippen molar-refractivity contribution in [2.24, 2.45) is 0 Å². The molecule has 0 unspecified atom stereocenters. The Morgan fingerprint density at radius 3 is 2.17 bits per heavy atom. The molecule has 0 saturated carbocycles. The Labute approximate surface area is 149 Å². The van der Waals surface area contributed by atoms with Crippen molar-refractivity contribution >= 4 is 50.5 Å². The van der Waals surface area contributed by atoms with E-state index in [9.17, 15) is 8.42 Å². The monoisotopic (exact) mass is 395 g/mol. The second-order valence-corrected chi connectivity index (χ2v) is 7.27. The van der Waals surface area contributed by atoms with Gasteiger partial charge in [0.05, 0.1) is 30.0 Å². The van der Waals surface area contributed by atoms with Crippen molar-refractivity contribution < 1.29 is 17.9 Å². The molecule has 1 N–H and O–H groups in total. The second-order valence-electron chi connectivity index (χ2n) is 4.37. The summed E-state index contributed by atoms with van der Waals surface area (Å²) in [6, 6.07) is 7.00. The zero-order valence-electron chi connectivity index (χ0n) is 12.1. The Morgan fingerprint density at radius 1 is 0.913 bits per heavy atom. The molecule has 0 saturated heterocycles. The van der Waals surface area contributed by atoms with E-state index in [1.54, 1.807) is 0 Å². The van der Waals surface area contributed by atoms with Crippen molar-refractivity contribution in [3.8, 4) is 11.5 Å². The van der Waals surface area contributed by atoms with Crippen LogP contribution < -0.4 is 14.2 Å². The molecule has 5 nitrogen and oxygen atoms in total. The molecule has 0 radical (unpaired) electrons. The van der Waals surface area contributed by atoms with E-state index in [0.717, 1.165) is 0 Å². The maximum absolute atomic E-state index is 12.5. The first-order valence-corrected chi connectivity index (χ1v) is 8.79. The molecule has 0 fully saturated rings. The largest absolute Gasteiger partial charge is 0.495 e. The van der Waals surface area contributed by atoms with Gasteiger partial charge in [-0.2, -0.15) is 0 Å². The molecule has 0 aliphatic rings. The standard InChI is InChI=1S/C14H12Cl3NO4S/c1-21-12-7-13(22-2)11(6-10(12)17)18-23(19,20)14-5-8(15)3-4-9(14)16/h3-7,18H,1-2H3. The van der Waals surface area contributed by atoms with Crippen molar-refractivity contribution in [2.45, 2.75) is 4.90 Å². The summed E-state index contributed by atoms with van der Waals surface area (Å²) in [6.45, 7) is 0. The maximum atomic E-state index is 12.5. The van der Waals surface area contributed by atoms with Gasteiger partial charge in [-0.05, 0) is 24.3 Å². The number of methoxy groups -OCH3 is 2. The number of hydrogen-bond donors (Lipinski definition) is 1. The van der Waals surface area contributed by atoms with Gasteiger partial charge >= 0.3 is 0 Å². The smallest absolute Gasteiger partial charge is 0.263 e. The van der Waals surface area contributed by atoms with Crippen molar-refractivity contribution in [3.05, 3.63) is 45.4 Å². The van der Waals surface area contributed by atoms with Crippen LogP contribution >= 0.6 is 34.8 Å². The SMILES string of the molecule is COc1cc(OC)c(NS(=O)(=O)c2cc(Cl)ccc2Cl)cc1Cl. The van der Waals surface area contributed by atoms with Gasteiger partial charge < -0.3 is 9.47 Å². The summed E-state index contributed by atoms with van der Waals surface area (Å²) in [6.07, 6.45) is 0. The third kappa shape index (κ3) is 3.95. The van der Waals surface area contributed by atoms with E-state index in [-0.39, 0.29) is 31.4 Å². The van der Waals surface area contributed by atoms with Crippen LogP contribution in [0.2, 0.25) is 15.1 Å². The molecule has 2 aromatic carbocycles. The average molecular weight is 397 g/mol. The van der Waals surface area contributed by atoms with Crippen LogP contribution in [0.25, 0.3) is 0 Å². The van der Waals surface area contributed by atoms with E-state index < -0.39 is 10.0 Å². The molecule has 0 aromatic heterocycles. The second kappa shape index (κ2) is 7.05. The number of anilines is 1. The van der Waals surface area contributed by atoms with Crippen LogP contribution in [-0.4, -0.2) is 22.6 Å². The lowest BCUT2D eigenvalue weighted by Gasteiger charge is -2.15. The lowest BCUT2D eigenvalue weighted by Crippen LogP contribution is -2.14. The topological polar surface area (TPSA) is 64.6 Å². The molecular weight excluding hydrogens is 385 g/mol. The predicted octanol–water partition coefficient (Wildman–Crippen LogP) is 4.46. The predicted molar refractivity (Wildman–Crippen MR) is 91.8 cm³/mol. The highest BCUT2D eigenvalue weighted by atomic mass is 35.5. The number of sulfonamides is 1. The number of ether oxygens (including phenoxy) is 2. The summed E-state index contributed by atoms with van der Waals surface area (Å²) in [7, 11) is -1.14. The molecule has 0 heterocycles. The van der Waals surface area contributed by atoms with Gasteiger partial charge in [0.15, 0.2) is 0 Å². The summed E-state index contributed by atoms with van der Waals surface area (Å²) in [5.41, 5.74) is 0.148. The molecule has 0 atom stereocenters. The maximum Gasteiger partial charge on any atom is 0.263 e. The number of halogens is 3. The van der Waals surface area contributed by atoms with E-state index >= 15 is 0 Å². The quantitative estimate of drug-likeness (QED) is 0.810. The first kappa shape index (κ1) is 18.0. The number of nitrogens with one attached hydrogen (secondary N) is 1. The van der Waals surface area contributed by atoms with Crippen LogP contribution in [0.1, 0.15) is 0 Å². The molecule has 0 aliphatic heterocycles. The zero-order chi connectivity index (χ0) is 17.2. The third-order valence-electron chi connectivity index (χ3n) is 2.90. The van der Waals surface area contributed by atoms with Gasteiger partial charge in [0, 0.05) is 11.1 Å². The van der Waals surface area contributed by atoms with Gasteiger partial charge in [-0.25, -0.2) is 8.42 Å². The van der Waals surface area contributed by atoms with Gasteiger partial charge in [-0.1, -0.05) is 34.8 Å². The number of hydrogen-bond acceptors (Lipinski definition) is 4. The lowest BCUT2D eigenvalue weighted by molar-refractivity contribution is 0.396. The number of rotatable bonds is 5. The first-order valence-electron chi connectivity index (χ1n) is 6.18. The van der Waals surface area contributed by atoms with Gasteiger partial charge in [0.2, 0.25) is 0 Å². The Kier molecular flexibility index (Phi) is 5.52. The molecule has 0 bridgehead atoms. The van der Waals surface area contributed by atoms with Crippen LogP contribution in [0.15, 0.2) is 35.2 Å². The minimum atomic E-state index is -3.98. The summed E-state index contributed by atoms with van der Waals surface area (Å²) in [5, 5.41) is 0.512. The van der Waals surface area contributed by atoms with E-state index in [1.165, 1.54) is 44.6 Å². The minimum absolute atomic E-state index is 0.0421. The summed E-state index contributed by atoms with van der Waals surface area (Å²) in [4.78, 5) is -0.152. The van der Waals surface area contributed by atoms with Crippen molar-refractivity contribution in [3.63, 3.8) is 0 Å². The van der Waals surface area contributed by atoms with Gasteiger partial charge in [0.25, 0.3) is 10.0 Å². The van der Waals surface area contributed by atoms with Crippen LogP contribution in [0, 0.1) is 0 Å². The summed E-state index contributed by atoms with van der Waals surface area (Å²) < 4.78 is 37.6. The molecule has 23 heavy (non-hydrogen) atoms. The lowest BCUT2D eigenvalue weighted by atomic mass is 10.3. The summed E-state index contributed by atoms with van der Waals surface area (Å²) >= 11 is 17.8. The Bertz CT molecular complexity index is 840. The fraction of sp³-hybridized carbons (Fsp3) is 0.143. The molecule has 0 aliphatic carbocycles. The van der Waals surface area contributed by atoms with Gasteiger partial charge in [-0.15, -0.1) is 0 Å². The summed E-state index contributed by atoms with van der Waals surface area (Å²) in [5.74, 6) is 0.597. The Morgan fingerprint density at radius 2 is 1.57 bits per heavy atom.